The monoisotopic (exact) mass is 339 g/mol. The van der Waals surface area contributed by atoms with Gasteiger partial charge in [0, 0.05) is 16.4 Å². The highest BCUT2D eigenvalue weighted by Gasteiger charge is 2.39. The van der Waals surface area contributed by atoms with E-state index in [1.807, 2.05) is 6.07 Å². The van der Waals surface area contributed by atoms with Crippen LogP contribution in [0.1, 0.15) is 44.1 Å². The average molecular weight is 340 g/mol. The molecule has 0 unspecified atom stereocenters. The van der Waals surface area contributed by atoms with Gasteiger partial charge in [-0.3, -0.25) is 0 Å². The molecule has 4 heteroatoms. The maximum Gasteiger partial charge on any atom is 0.161 e. The standard InChI is InChI=1S/C16H22BrNO2/c1-19-14-9-13(17)12(16(10-18)6-3-7-16)8-15(14)20-11-4-2-5-11/h8-9,11H,2-7,10,18H2,1H3. The van der Waals surface area contributed by atoms with Gasteiger partial charge in [0.05, 0.1) is 13.2 Å². The second-order valence-electron chi connectivity index (χ2n) is 5.99. The second kappa shape index (κ2) is 5.57. The summed E-state index contributed by atoms with van der Waals surface area (Å²) in [5.41, 5.74) is 7.44. The Labute approximate surface area is 129 Å². The summed E-state index contributed by atoms with van der Waals surface area (Å²) in [6, 6.07) is 4.17. The molecule has 2 aliphatic carbocycles. The molecule has 0 saturated heterocycles. The third-order valence-corrected chi connectivity index (χ3v) is 5.53. The fourth-order valence-electron chi connectivity index (χ4n) is 3.05. The van der Waals surface area contributed by atoms with E-state index in [2.05, 4.69) is 22.0 Å². The van der Waals surface area contributed by atoms with Crippen LogP contribution in [0.5, 0.6) is 11.5 Å². The molecule has 1 aromatic rings. The van der Waals surface area contributed by atoms with Gasteiger partial charge in [0.25, 0.3) is 0 Å². The Hall–Kier alpha value is -0.740. The Kier molecular flexibility index (Phi) is 3.95. The van der Waals surface area contributed by atoms with Crippen molar-refractivity contribution >= 4 is 15.9 Å². The van der Waals surface area contributed by atoms with Gasteiger partial charge in [-0.15, -0.1) is 0 Å². The molecule has 2 fully saturated rings. The summed E-state index contributed by atoms with van der Waals surface area (Å²) in [5.74, 6) is 1.68. The fraction of sp³-hybridized carbons (Fsp3) is 0.625. The van der Waals surface area contributed by atoms with Gasteiger partial charge in [0.1, 0.15) is 0 Å². The smallest absolute Gasteiger partial charge is 0.161 e. The Balaban J connectivity index is 1.95. The molecule has 20 heavy (non-hydrogen) atoms. The van der Waals surface area contributed by atoms with Crippen LogP contribution >= 0.6 is 15.9 Å². The fourth-order valence-corrected chi connectivity index (χ4v) is 3.79. The molecule has 0 aliphatic heterocycles. The van der Waals surface area contributed by atoms with E-state index in [0.717, 1.165) is 41.7 Å². The van der Waals surface area contributed by atoms with E-state index in [1.165, 1.54) is 18.4 Å². The Morgan fingerprint density at radius 3 is 2.45 bits per heavy atom. The van der Waals surface area contributed by atoms with E-state index in [-0.39, 0.29) is 5.41 Å². The number of nitrogens with two attached hydrogens (primary N) is 1. The van der Waals surface area contributed by atoms with Gasteiger partial charge in [0.2, 0.25) is 0 Å². The van der Waals surface area contributed by atoms with Crippen LogP contribution in [-0.4, -0.2) is 19.8 Å². The van der Waals surface area contributed by atoms with Crippen LogP contribution in [0.25, 0.3) is 0 Å². The highest BCUT2D eigenvalue weighted by Crippen LogP contribution is 2.48. The highest BCUT2D eigenvalue weighted by molar-refractivity contribution is 9.10. The minimum atomic E-state index is 0.128. The van der Waals surface area contributed by atoms with E-state index in [4.69, 9.17) is 15.2 Å². The van der Waals surface area contributed by atoms with Gasteiger partial charge in [0.15, 0.2) is 11.5 Å². The first-order valence-electron chi connectivity index (χ1n) is 7.43. The third-order valence-electron chi connectivity index (χ3n) is 4.87. The maximum atomic E-state index is 6.09. The Bertz CT molecular complexity index is 490. The molecule has 3 rings (SSSR count). The van der Waals surface area contributed by atoms with Crippen molar-refractivity contribution in [2.45, 2.75) is 50.0 Å². The summed E-state index contributed by atoms with van der Waals surface area (Å²) < 4.78 is 12.6. The number of hydrogen-bond acceptors (Lipinski definition) is 3. The number of rotatable bonds is 5. The first kappa shape index (κ1) is 14.2. The molecule has 0 radical (unpaired) electrons. The molecule has 0 aromatic heterocycles. The van der Waals surface area contributed by atoms with Gasteiger partial charge in [-0.2, -0.15) is 0 Å². The number of hydrogen-bond donors (Lipinski definition) is 1. The lowest BCUT2D eigenvalue weighted by molar-refractivity contribution is 0.115. The number of benzene rings is 1. The van der Waals surface area contributed by atoms with Crippen LogP contribution in [0.4, 0.5) is 0 Å². The number of methoxy groups -OCH3 is 1. The first-order valence-corrected chi connectivity index (χ1v) is 8.22. The van der Waals surface area contributed by atoms with E-state index >= 15 is 0 Å². The van der Waals surface area contributed by atoms with Gasteiger partial charge < -0.3 is 15.2 Å². The van der Waals surface area contributed by atoms with Crippen molar-refractivity contribution in [2.75, 3.05) is 13.7 Å². The minimum absolute atomic E-state index is 0.128. The van der Waals surface area contributed by atoms with Crippen molar-refractivity contribution < 1.29 is 9.47 Å². The molecular formula is C16H22BrNO2. The largest absolute Gasteiger partial charge is 0.493 e. The molecule has 0 amide bonds. The quantitative estimate of drug-likeness (QED) is 0.887. The molecule has 2 N–H and O–H groups in total. The SMILES string of the molecule is COc1cc(Br)c(C2(CN)CCC2)cc1OC1CCC1. The van der Waals surface area contributed by atoms with Crippen molar-refractivity contribution in [1.82, 2.24) is 0 Å². The van der Waals surface area contributed by atoms with Crippen LogP contribution in [0.3, 0.4) is 0 Å². The summed E-state index contributed by atoms with van der Waals surface area (Å²) in [6.07, 6.45) is 7.51. The lowest BCUT2D eigenvalue weighted by Gasteiger charge is -2.42. The van der Waals surface area contributed by atoms with Gasteiger partial charge in [-0.05, 0) is 49.8 Å². The maximum absolute atomic E-state index is 6.09. The lowest BCUT2D eigenvalue weighted by atomic mass is 9.64. The van der Waals surface area contributed by atoms with E-state index in [1.54, 1.807) is 7.11 Å². The molecule has 0 heterocycles. The predicted molar refractivity (Wildman–Crippen MR) is 83.5 cm³/mol. The molecule has 110 valence electrons. The molecule has 2 saturated carbocycles. The summed E-state index contributed by atoms with van der Waals surface area (Å²) in [4.78, 5) is 0. The van der Waals surface area contributed by atoms with Crippen molar-refractivity contribution in [3.05, 3.63) is 22.2 Å². The van der Waals surface area contributed by atoms with Gasteiger partial charge in [-0.1, -0.05) is 22.4 Å². The first-order chi connectivity index (χ1) is 9.68. The lowest BCUT2D eigenvalue weighted by Crippen LogP contribution is -2.41. The molecule has 1 aromatic carbocycles. The number of halogens is 1. The van der Waals surface area contributed by atoms with Crippen molar-refractivity contribution in [3.63, 3.8) is 0 Å². The molecule has 0 bridgehead atoms. The van der Waals surface area contributed by atoms with Crippen LogP contribution in [0, 0.1) is 0 Å². The van der Waals surface area contributed by atoms with E-state index in [9.17, 15) is 0 Å². The van der Waals surface area contributed by atoms with E-state index in [0.29, 0.717) is 12.6 Å². The summed E-state index contributed by atoms with van der Waals surface area (Å²) in [7, 11) is 1.69. The van der Waals surface area contributed by atoms with Gasteiger partial charge in [-0.25, -0.2) is 0 Å². The third kappa shape index (κ3) is 2.33. The zero-order chi connectivity index (χ0) is 14.2. The van der Waals surface area contributed by atoms with Gasteiger partial charge >= 0.3 is 0 Å². The summed E-state index contributed by atoms with van der Waals surface area (Å²) in [6.45, 7) is 0.695. The van der Waals surface area contributed by atoms with Crippen molar-refractivity contribution in [1.29, 1.82) is 0 Å². The summed E-state index contributed by atoms with van der Waals surface area (Å²) >= 11 is 3.68. The molecular weight excluding hydrogens is 318 g/mol. The molecule has 0 atom stereocenters. The summed E-state index contributed by atoms with van der Waals surface area (Å²) in [5, 5.41) is 0. The zero-order valence-electron chi connectivity index (χ0n) is 12.0. The predicted octanol–water partition coefficient (Wildman–Crippen LogP) is 3.77. The van der Waals surface area contributed by atoms with Crippen LogP contribution in [-0.2, 0) is 5.41 Å². The average Bonchev–Trinajstić information content (AvgIpc) is 2.35. The molecule has 3 nitrogen and oxygen atoms in total. The highest BCUT2D eigenvalue weighted by atomic mass is 79.9. The number of ether oxygens (including phenoxy) is 2. The zero-order valence-corrected chi connectivity index (χ0v) is 13.5. The minimum Gasteiger partial charge on any atom is -0.493 e. The van der Waals surface area contributed by atoms with E-state index < -0.39 is 0 Å². The topological polar surface area (TPSA) is 44.5 Å². The Morgan fingerprint density at radius 2 is 2.00 bits per heavy atom. The van der Waals surface area contributed by atoms with Crippen molar-refractivity contribution in [3.8, 4) is 11.5 Å². The normalized spacial score (nSPS) is 20.9. The molecule has 2 aliphatic rings. The molecule has 0 spiro atoms. The van der Waals surface area contributed by atoms with Crippen LogP contribution in [0.15, 0.2) is 16.6 Å². The van der Waals surface area contributed by atoms with Crippen molar-refractivity contribution in [2.24, 2.45) is 5.73 Å². The van der Waals surface area contributed by atoms with Crippen LogP contribution in [0.2, 0.25) is 0 Å². The Morgan fingerprint density at radius 1 is 1.25 bits per heavy atom. The second-order valence-corrected chi connectivity index (χ2v) is 6.85. The van der Waals surface area contributed by atoms with Crippen LogP contribution < -0.4 is 15.2 Å².